The zero-order chi connectivity index (χ0) is 14.2. The van der Waals surface area contributed by atoms with Crippen LogP contribution >= 0.6 is 0 Å². The smallest absolute Gasteiger partial charge is 0.198 e. The third kappa shape index (κ3) is 1.82. The van der Waals surface area contributed by atoms with E-state index < -0.39 is 0 Å². The van der Waals surface area contributed by atoms with E-state index in [4.69, 9.17) is 4.74 Å². The van der Waals surface area contributed by atoms with E-state index in [1.54, 1.807) is 30.6 Å². The van der Waals surface area contributed by atoms with Gasteiger partial charge < -0.3 is 4.74 Å². The van der Waals surface area contributed by atoms with Gasteiger partial charge in [-0.3, -0.25) is 9.78 Å². The quantitative estimate of drug-likeness (QED) is 0.556. The molecule has 3 heteroatoms. The fraction of sp³-hybridized carbons (Fsp3) is 0. The number of fused-ring (bicyclic) bond motifs is 3. The summed E-state index contributed by atoms with van der Waals surface area (Å²) in [7, 11) is 0. The number of hydrogen-bond donors (Lipinski definition) is 0. The summed E-state index contributed by atoms with van der Waals surface area (Å²) < 4.78 is 5.82. The lowest BCUT2D eigenvalue weighted by atomic mass is 10.1. The first-order chi connectivity index (χ1) is 10.3. The summed E-state index contributed by atoms with van der Waals surface area (Å²) in [5.74, 6) is 1.13. The molecular weight excluding hydrogens is 262 g/mol. The Morgan fingerprint density at radius 2 is 1.86 bits per heavy atom. The van der Waals surface area contributed by atoms with Crippen LogP contribution in [-0.4, -0.2) is 10.8 Å². The van der Waals surface area contributed by atoms with Crippen LogP contribution < -0.4 is 4.74 Å². The Kier molecular flexibility index (Phi) is 2.57. The van der Waals surface area contributed by atoms with Crippen LogP contribution in [0.5, 0.6) is 11.5 Å². The highest BCUT2D eigenvalue weighted by Gasteiger charge is 2.29. The summed E-state index contributed by atoms with van der Waals surface area (Å²) in [5, 5.41) is 0. The molecule has 0 saturated carbocycles. The van der Waals surface area contributed by atoms with Crippen molar-refractivity contribution in [1.29, 1.82) is 0 Å². The minimum absolute atomic E-state index is 0.0173. The minimum Gasteiger partial charge on any atom is -0.455 e. The number of carbonyl (C=O) groups excluding carboxylic acids is 1. The van der Waals surface area contributed by atoms with Gasteiger partial charge in [-0.05, 0) is 35.9 Å². The maximum absolute atomic E-state index is 12.6. The van der Waals surface area contributed by atoms with E-state index in [2.05, 4.69) is 11.1 Å². The van der Waals surface area contributed by atoms with Crippen molar-refractivity contribution >= 4 is 5.78 Å². The van der Waals surface area contributed by atoms with Crippen LogP contribution in [0.4, 0.5) is 0 Å². The van der Waals surface area contributed by atoms with Gasteiger partial charge in [-0.1, -0.05) is 24.3 Å². The predicted octanol–water partition coefficient (Wildman–Crippen LogP) is 3.89. The van der Waals surface area contributed by atoms with Gasteiger partial charge in [-0.2, -0.15) is 0 Å². The van der Waals surface area contributed by atoms with Crippen LogP contribution in [0.25, 0.3) is 11.1 Å². The van der Waals surface area contributed by atoms with Crippen LogP contribution in [0.15, 0.2) is 60.9 Å². The molecule has 21 heavy (non-hydrogen) atoms. The highest BCUT2D eigenvalue weighted by atomic mass is 16.5. The number of ether oxygens (including phenoxy) is 1. The number of ketones is 1. The van der Waals surface area contributed by atoms with Crippen LogP contribution in [0.2, 0.25) is 0 Å². The molecular formula is C18H10NO2. The number of aromatic nitrogens is 1. The Morgan fingerprint density at radius 3 is 2.67 bits per heavy atom. The number of pyridine rings is 1. The molecule has 2 aromatic carbocycles. The van der Waals surface area contributed by atoms with Crippen LogP contribution in [0.1, 0.15) is 15.9 Å². The van der Waals surface area contributed by atoms with E-state index >= 15 is 0 Å². The molecule has 0 bridgehead atoms. The maximum Gasteiger partial charge on any atom is 0.198 e. The molecule has 1 aliphatic rings. The number of benzene rings is 2. The first-order valence-electron chi connectivity index (χ1n) is 6.61. The molecule has 0 amide bonds. The Balaban J connectivity index is 1.85. The van der Waals surface area contributed by atoms with Gasteiger partial charge in [0.1, 0.15) is 11.5 Å². The lowest BCUT2D eigenvalue weighted by Gasteiger charge is -2.08. The number of hydrogen-bond acceptors (Lipinski definition) is 3. The van der Waals surface area contributed by atoms with Gasteiger partial charge >= 0.3 is 0 Å². The summed E-state index contributed by atoms with van der Waals surface area (Å²) >= 11 is 0. The lowest BCUT2D eigenvalue weighted by Crippen LogP contribution is -1.98. The van der Waals surface area contributed by atoms with Crippen molar-refractivity contribution in [3.05, 3.63) is 78.1 Å². The summed E-state index contributed by atoms with van der Waals surface area (Å²) in [5.41, 5.74) is 2.99. The summed E-state index contributed by atoms with van der Waals surface area (Å²) in [6, 6.07) is 17.8. The molecule has 1 aliphatic carbocycles. The monoisotopic (exact) mass is 272 g/mol. The summed E-state index contributed by atoms with van der Waals surface area (Å²) in [6.07, 6.45) is 3.30. The molecule has 0 saturated heterocycles. The molecule has 3 nitrogen and oxygen atoms in total. The zero-order valence-electron chi connectivity index (χ0n) is 11.0. The fourth-order valence-electron chi connectivity index (χ4n) is 2.57. The highest BCUT2D eigenvalue weighted by Crippen LogP contribution is 2.41. The molecule has 1 heterocycles. The van der Waals surface area contributed by atoms with E-state index in [1.807, 2.05) is 30.3 Å². The largest absolute Gasteiger partial charge is 0.455 e. The maximum atomic E-state index is 12.6. The van der Waals surface area contributed by atoms with Gasteiger partial charge in [0, 0.05) is 17.3 Å². The second-order valence-corrected chi connectivity index (χ2v) is 4.76. The van der Waals surface area contributed by atoms with E-state index in [0.29, 0.717) is 22.6 Å². The van der Waals surface area contributed by atoms with Gasteiger partial charge in [0.15, 0.2) is 5.78 Å². The average Bonchev–Trinajstić information content (AvgIpc) is 2.83. The van der Waals surface area contributed by atoms with E-state index in [0.717, 1.165) is 11.1 Å². The number of nitrogens with zero attached hydrogens (tertiary/aromatic N) is 1. The Bertz CT molecular complexity index is 841. The van der Waals surface area contributed by atoms with Crippen LogP contribution in [-0.2, 0) is 0 Å². The average molecular weight is 272 g/mol. The van der Waals surface area contributed by atoms with Crippen molar-refractivity contribution in [2.75, 3.05) is 0 Å². The molecule has 1 aromatic heterocycles. The molecule has 4 rings (SSSR count). The topological polar surface area (TPSA) is 39.2 Å². The molecule has 0 N–H and O–H groups in total. The van der Waals surface area contributed by atoms with Crippen molar-refractivity contribution in [2.24, 2.45) is 0 Å². The van der Waals surface area contributed by atoms with Crippen molar-refractivity contribution < 1.29 is 9.53 Å². The second-order valence-electron chi connectivity index (χ2n) is 4.76. The second kappa shape index (κ2) is 4.56. The predicted molar refractivity (Wildman–Crippen MR) is 78.5 cm³/mol. The molecule has 0 spiro atoms. The van der Waals surface area contributed by atoms with Gasteiger partial charge in [0.05, 0.1) is 11.8 Å². The lowest BCUT2D eigenvalue weighted by molar-refractivity contribution is 0.104. The number of carbonyl (C=O) groups is 1. The highest BCUT2D eigenvalue weighted by molar-refractivity contribution is 6.23. The molecule has 0 aliphatic heterocycles. The van der Waals surface area contributed by atoms with E-state index in [1.165, 1.54) is 0 Å². The Hall–Kier alpha value is -2.94. The minimum atomic E-state index is -0.0173. The molecule has 3 aromatic rings. The molecule has 0 unspecified atom stereocenters. The van der Waals surface area contributed by atoms with Crippen molar-refractivity contribution in [2.45, 2.75) is 0 Å². The molecule has 1 radical (unpaired) electrons. The standard InChI is InChI=1S/C18H10NO2/c20-18-15-7-2-1-6-13(15)14-8-3-9-16(17(14)18)21-12-5-4-10-19-11-12/h1-7,9-11H. The van der Waals surface area contributed by atoms with Gasteiger partial charge in [-0.25, -0.2) is 0 Å². The number of rotatable bonds is 2. The normalized spacial score (nSPS) is 11.9. The SMILES string of the molecule is O=C1c2ccccc2-c2[c]ccc(Oc3cccnc3)c21. The van der Waals surface area contributed by atoms with Crippen molar-refractivity contribution in [3.8, 4) is 22.6 Å². The first kappa shape index (κ1) is 11.9. The van der Waals surface area contributed by atoms with Gasteiger partial charge in [0.2, 0.25) is 0 Å². The fourth-order valence-corrected chi connectivity index (χ4v) is 2.57. The van der Waals surface area contributed by atoms with Crippen molar-refractivity contribution in [1.82, 2.24) is 4.98 Å². The van der Waals surface area contributed by atoms with Gasteiger partial charge in [0.25, 0.3) is 0 Å². The third-order valence-corrected chi connectivity index (χ3v) is 3.49. The van der Waals surface area contributed by atoms with Crippen molar-refractivity contribution in [3.63, 3.8) is 0 Å². The Morgan fingerprint density at radius 1 is 1.00 bits per heavy atom. The summed E-state index contributed by atoms with van der Waals surface area (Å²) in [6.45, 7) is 0. The molecule has 0 fully saturated rings. The zero-order valence-corrected chi connectivity index (χ0v) is 11.0. The summed E-state index contributed by atoms with van der Waals surface area (Å²) in [4.78, 5) is 16.6. The van der Waals surface area contributed by atoms with Crippen LogP contribution in [0.3, 0.4) is 0 Å². The van der Waals surface area contributed by atoms with Gasteiger partial charge in [-0.15, -0.1) is 0 Å². The van der Waals surface area contributed by atoms with E-state index in [9.17, 15) is 4.79 Å². The third-order valence-electron chi connectivity index (χ3n) is 3.49. The molecule has 99 valence electrons. The van der Waals surface area contributed by atoms with E-state index in [-0.39, 0.29) is 5.78 Å². The first-order valence-corrected chi connectivity index (χ1v) is 6.61. The van der Waals surface area contributed by atoms with Crippen LogP contribution in [0, 0.1) is 6.07 Å². The molecule has 0 atom stereocenters. The Labute approximate surface area is 121 Å².